The molecule has 2 aromatic heterocycles. The van der Waals surface area contributed by atoms with Crippen LogP contribution in [0.25, 0.3) is 11.2 Å². The van der Waals surface area contributed by atoms with E-state index < -0.39 is 0 Å². The summed E-state index contributed by atoms with van der Waals surface area (Å²) in [5.41, 5.74) is 2.93. The molecule has 3 aromatic rings. The summed E-state index contributed by atoms with van der Waals surface area (Å²) in [7, 11) is 0. The van der Waals surface area contributed by atoms with Gasteiger partial charge in [-0.3, -0.25) is 0 Å². The molecule has 0 amide bonds. The van der Waals surface area contributed by atoms with Crippen LogP contribution in [-0.2, 0) is 6.42 Å². The lowest BCUT2D eigenvalue weighted by Crippen LogP contribution is -1.89. The van der Waals surface area contributed by atoms with Crippen LogP contribution in [0.2, 0.25) is 0 Å². The first-order valence-corrected chi connectivity index (χ1v) is 7.04. The second kappa shape index (κ2) is 4.82. The zero-order valence-electron chi connectivity index (χ0n) is 9.32. The predicted molar refractivity (Wildman–Crippen MR) is 78.5 cm³/mol. The molecule has 0 saturated carbocycles. The Balaban J connectivity index is 1.92. The van der Waals surface area contributed by atoms with E-state index in [0.717, 1.165) is 32.4 Å². The van der Waals surface area contributed by atoms with E-state index in [1.807, 2.05) is 18.2 Å². The van der Waals surface area contributed by atoms with Crippen molar-refractivity contribution in [1.29, 1.82) is 0 Å². The maximum atomic E-state index is 4.47. The fourth-order valence-electron chi connectivity index (χ4n) is 1.80. The van der Waals surface area contributed by atoms with E-state index in [9.17, 15) is 0 Å². The summed E-state index contributed by atoms with van der Waals surface area (Å²) >= 11 is 6.83. The van der Waals surface area contributed by atoms with Crippen LogP contribution in [0.4, 0.5) is 0 Å². The van der Waals surface area contributed by atoms with Gasteiger partial charge in [-0.1, -0.05) is 28.1 Å². The standard InChI is InChI=1S/C13H9Br2N3/c14-9-3-1-8(2-4-9)5-12-17-11-6-10(15)7-16-13(11)18-12/h1-4,6-7H,5H2,(H,16,17,18). The Morgan fingerprint density at radius 3 is 2.61 bits per heavy atom. The minimum absolute atomic E-state index is 0.755. The van der Waals surface area contributed by atoms with E-state index in [1.54, 1.807) is 6.20 Å². The van der Waals surface area contributed by atoms with Crippen molar-refractivity contribution in [1.82, 2.24) is 15.0 Å². The number of aromatic nitrogens is 3. The third-order valence-electron chi connectivity index (χ3n) is 2.64. The number of pyridine rings is 1. The van der Waals surface area contributed by atoms with Crippen molar-refractivity contribution >= 4 is 43.0 Å². The van der Waals surface area contributed by atoms with Crippen molar-refractivity contribution in [3.8, 4) is 0 Å². The second-order valence-electron chi connectivity index (χ2n) is 4.01. The number of fused-ring (bicyclic) bond motifs is 1. The van der Waals surface area contributed by atoms with E-state index in [-0.39, 0.29) is 0 Å². The average Bonchev–Trinajstić information content (AvgIpc) is 2.73. The SMILES string of the molecule is Brc1ccc(Cc2nc3ncc(Br)cc3[nH]2)cc1. The van der Waals surface area contributed by atoms with E-state index in [1.165, 1.54) is 5.56 Å². The lowest BCUT2D eigenvalue weighted by molar-refractivity contribution is 1.03. The Morgan fingerprint density at radius 2 is 1.83 bits per heavy atom. The predicted octanol–water partition coefficient (Wildman–Crippen LogP) is 4.07. The molecule has 3 nitrogen and oxygen atoms in total. The topological polar surface area (TPSA) is 41.6 Å². The number of H-pyrrole nitrogens is 1. The minimum atomic E-state index is 0.755. The van der Waals surface area contributed by atoms with Gasteiger partial charge < -0.3 is 4.98 Å². The van der Waals surface area contributed by atoms with Crippen LogP contribution in [0.5, 0.6) is 0 Å². The van der Waals surface area contributed by atoms with Crippen LogP contribution >= 0.6 is 31.9 Å². The lowest BCUT2D eigenvalue weighted by Gasteiger charge is -1.97. The zero-order valence-corrected chi connectivity index (χ0v) is 12.5. The van der Waals surface area contributed by atoms with Gasteiger partial charge in [0.15, 0.2) is 5.65 Å². The monoisotopic (exact) mass is 365 g/mol. The Kier molecular flexibility index (Phi) is 3.18. The van der Waals surface area contributed by atoms with Crippen LogP contribution in [0.3, 0.4) is 0 Å². The second-order valence-corrected chi connectivity index (χ2v) is 5.84. The van der Waals surface area contributed by atoms with Crippen molar-refractivity contribution < 1.29 is 0 Å². The van der Waals surface area contributed by atoms with Gasteiger partial charge in [-0.25, -0.2) is 9.97 Å². The highest BCUT2D eigenvalue weighted by molar-refractivity contribution is 9.10. The molecule has 0 radical (unpaired) electrons. The Hall–Kier alpha value is -1.20. The van der Waals surface area contributed by atoms with E-state index in [2.05, 4.69) is 58.9 Å². The quantitative estimate of drug-likeness (QED) is 0.742. The molecule has 1 N–H and O–H groups in total. The first kappa shape index (κ1) is 11.9. The van der Waals surface area contributed by atoms with Gasteiger partial charge in [0.05, 0.1) is 5.52 Å². The van der Waals surface area contributed by atoms with Gasteiger partial charge in [0, 0.05) is 21.6 Å². The molecule has 0 bridgehead atoms. The number of nitrogens with one attached hydrogen (secondary N) is 1. The Bertz CT molecular complexity index is 689. The average molecular weight is 367 g/mol. The third-order valence-corrected chi connectivity index (χ3v) is 3.60. The number of aromatic amines is 1. The number of rotatable bonds is 2. The molecule has 1 aromatic carbocycles. The molecule has 0 fully saturated rings. The summed E-state index contributed by atoms with van der Waals surface area (Å²) in [5, 5.41) is 0. The molecule has 90 valence electrons. The highest BCUT2D eigenvalue weighted by atomic mass is 79.9. The number of halogens is 2. The van der Waals surface area contributed by atoms with Crippen LogP contribution in [0.15, 0.2) is 45.5 Å². The first-order valence-electron chi connectivity index (χ1n) is 5.45. The Labute approximate surface area is 121 Å². The van der Waals surface area contributed by atoms with Gasteiger partial charge in [-0.05, 0) is 39.7 Å². The Morgan fingerprint density at radius 1 is 1.06 bits per heavy atom. The summed E-state index contributed by atoms with van der Waals surface area (Å²) in [6.45, 7) is 0. The molecule has 3 rings (SSSR count). The van der Waals surface area contributed by atoms with Gasteiger partial charge in [-0.2, -0.15) is 0 Å². The molecule has 5 heteroatoms. The summed E-state index contributed by atoms with van der Waals surface area (Å²) in [5.74, 6) is 0.929. The fourth-order valence-corrected chi connectivity index (χ4v) is 2.40. The van der Waals surface area contributed by atoms with Crippen molar-refractivity contribution in [2.75, 3.05) is 0 Å². The number of nitrogens with zero attached hydrogens (tertiary/aromatic N) is 2. The van der Waals surface area contributed by atoms with Crippen LogP contribution in [0.1, 0.15) is 11.4 Å². The van der Waals surface area contributed by atoms with Crippen molar-refractivity contribution in [3.05, 3.63) is 56.9 Å². The van der Waals surface area contributed by atoms with Crippen LogP contribution in [-0.4, -0.2) is 15.0 Å². The molecule has 0 aliphatic carbocycles. The summed E-state index contributed by atoms with van der Waals surface area (Å²) < 4.78 is 2.04. The van der Waals surface area contributed by atoms with Gasteiger partial charge in [0.2, 0.25) is 0 Å². The third kappa shape index (κ3) is 2.47. The molecule has 0 aliphatic rings. The molecular formula is C13H9Br2N3. The van der Waals surface area contributed by atoms with Crippen molar-refractivity contribution in [2.24, 2.45) is 0 Å². The molecular weight excluding hydrogens is 358 g/mol. The number of hydrogen-bond acceptors (Lipinski definition) is 2. The van der Waals surface area contributed by atoms with Gasteiger partial charge in [0.25, 0.3) is 0 Å². The summed E-state index contributed by atoms with van der Waals surface area (Å²) in [4.78, 5) is 12.0. The molecule has 2 heterocycles. The lowest BCUT2D eigenvalue weighted by atomic mass is 10.1. The molecule has 0 saturated heterocycles. The van der Waals surface area contributed by atoms with Crippen LogP contribution in [0, 0.1) is 0 Å². The van der Waals surface area contributed by atoms with E-state index in [4.69, 9.17) is 0 Å². The van der Waals surface area contributed by atoms with Crippen molar-refractivity contribution in [3.63, 3.8) is 0 Å². The molecule has 0 spiro atoms. The van der Waals surface area contributed by atoms with Crippen molar-refractivity contribution in [2.45, 2.75) is 6.42 Å². The molecule has 0 atom stereocenters. The van der Waals surface area contributed by atoms with Gasteiger partial charge in [-0.15, -0.1) is 0 Å². The normalized spacial score (nSPS) is 11.0. The largest absolute Gasteiger partial charge is 0.340 e. The highest BCUT2D eigenvalue weighted by Crippen LogP contribution is 2.17. The maximum Gasteiger partial charge on any atom is 0.177 e. The number of hydrogen-bond donors (Lipinski definition) is 1. The van der Waals surface area contributed by atoms with E-state index in [0.29, 0.717) is 0 Å². The van der Waals surface area contributed by atoms with Gasteiger partial charge >= 0.3 is 0 Å². The maximum absolute atomic E-state index is 4.47. The van der Waals surface area contributed by atoms with Crippen LogP contribution < -0.4 is 0 Å². The zero-order chi connectivity index (χ0) is 12.5. The molecule has 0 aliphatic heterocycles. The molecule has 18 heavy (non-hydrogen) atoms. The van der Waals surface area contributed by atoms with E-state index >= 15 is 0 Å². The fraction of sp³-hybridized carbons (Fsp3) is 0.0769. The first-order chi connectivity index (χ1) is 8.70. The summed E-state index contributed by atoms with van der Waals surface area (Å²) in [6.07, 6.45) is 2.54. The smallest absolute Gasteiger partial charge is 0.177 e. The number of imidazole rings is 1. The summed E-state index contributed by atoms with van der Waals surface area (Å²) in [6, 6.07) is 10.2. The van der Waals surface area contributed by atoms with Gasteiger partial charge in [0.1, 0.15) is 5.82 Å². The minimum Gasteiger partial charge on any atom is -0.340 e. The highest BCUT2D eigenvalue weighted by Gasteiger charge is 2.05. The number of benzene rings is 1. The molecule has 0 unspecified atom stereocenters.